The second-order valence-corrected chi connectivity index (χ2v) is 7.70. The summed E-state index contributed by atoms with van der Waals surface area (Å²) in [5, 5.41) is 11.0. The van der Waals surface area contributed by atoms with Gasteiger partial charge in [-0.15, -0.1) is 10.2 Å². The van der Waals surface area contributed by atoms with Crippen molar-refractivity contribution in [2.24, 2.45) is 5.92 Å². The lowest BCUT2D eigenvalue weighted by Crippen LogP contribution is -2.48. The minimum Gasteiger partial charge on any atom is -0.337 e. The Labute approximate surface area is 168 Å². The Morgan fingerprint density at radius 2 is 1.90 bits per heavy atom. The first-order chi connectivity index (χ1) is 14.1. The first-order valence-electron chi connectivity index (χ1n) is 9.74. The zero-order valence-corrected chi connectivity index (χ0v) is 16.0. The standard InChI is InChI=1S/C22H21N5O2/c1-27-17-10-6-5-9-14(17)15-12-16(15)19(22(27)29)24-21(28)20-23-18(25-26-20)11-13-7-3-2-4-8-13/h2-10,15-16,19H,11-12H2,1H3,(H,24,28)(H,23,25,26)/t15?,16-,19+/m1/s1. The van der Waals surface area contributed by atoms with Gasteiger partial charge in [-0.1, -0.05) is 48.5 Å². The summed E-state index contributed by atoms with van der Waals surface area (Å²) in [7, 11) is 1.76. The molecule has 3 atom stereocenters. The maximum Gasteiger partial charge on any atom is 0.289 e. The van der Waals surface area contributed by atoms with E-state index in [-0.39, 0.29) is 17.6 Å². The zero-order chi connectivity index (χ0) is 20.0. The monoisotopic (exact) mass is 387 g/mol. The molecule has 7 nitrogen and oxygen atoms in total. The molecule has 0 bridgehead atoms. The van der Waals surface area contributed by atoms with Crippen LogP contribution < -0.4 is 10.2 Å². The van der Waals surface area contributed by atoms with Crippen LogP contribution in [-0.2, 0) is 11.2 Å². The molecule has 0 saturated heterocycles. The number of fused-ring (bicyclic) bond motifs is 3. The van der Waals surface area contributed by atoms with Gasteiger partial charge in [-0.25, -0.2) is 0 Å². The van der Waals surface area contributed by atoms with Crippen molar-refractivity contribution < 1.29 is 9.59 Å². The van der Waals surface area contributed by atoms with E-state index in [4.69, 9.17) is 0 Å². The summed E-state index contributed by atoms with van der Waals surface area (Å²) in [5.41, 5.74) is 3.18. The van der Waals surface area contributed by atoms with E-state index in [9.17, 15) is 9.59 Å². The third-order valence-corrected chi connectivity index (χ3v) is 5.81. The number of H-pyrrole nitrogens is 1. The van der Waals surface area contributed by atoms with Gasteiger partial charge in [0.2, 0.25) is 11.7 Å². The largest absolute Gasteiger partial charge is 0.337 e. The molecule has 0 radical (unpaired) electrons. The Morgan fingerprint density at radius 3 is 2.72 bits per heavy atom. The van der Waals surface area contributed by atoms with Crippen molar-refractivity contribution in [3.05, 3.63) is 77.4 Å². The molecule has 7 heteroatoms. The maximum atomic E-state index is 13.0. The highest BCUT2D eigenvalue weighted by atomic mass is 16.2. The fraction of sp³-hybridized carbons (Fsp3) is 0.273. The molecule has 1 fully saturated rings. The van der Waals surface area contributed by atoms with E-state index in [2.05, 4.69) is 26.6 Å². The summed E-state index contributed by atoms with van der Waals surface area (Å²) in [6, 6.07) is 17.2. The number of nitrogens with one attached hydrogen (secondary N) is 2. The molecule has 1 saturated carbocycles. The van der Waals surface area contributed by atoms with Gasteiger partial charge in [-0.3, -0.25) is 9.59 Å². The Hall–Kier alpha value is -3.48. The predicted octanol–water partition coefficient (Wildman–Crippen LogP) is 2.27. The van der Waals surface area contributed by atoms with Crippen molar-refractivity contribution in [1.82, 2.24) is 20.5 Å². The minimum atomic E-state index is -0.562. The van der Waals surface area contributed by atoms with Gasteiger partial charge >= 0.3 is 0 Å². The van der Waals surface area contributed by atoms with Gasteiger partial charge in [0.15, 0.2) is 0 Å². The highest BCUT2D eigenvalue weighted by Gasteiger charge is 2.51. The molecule has 3 aromatic rings. The summed E-state index contributed by atoms with van der Waals surface area (Å²) in [6.45, 7) is 0. The van der Waals surface area contributed by atoms with Crippen LogP contribution in [0.5, 0.6) is 0 Å². The van der Waals surface area contributed by atoms with E-state index in [1.807, 2.05) is 48.5 Å². The molecule has 2 aliphatic rings. The number of benzene rings is 2. The SMILES string of the molecule is CN1C(=O)[C@@H](NC(=O)c2nnc(Cc3ccccc3)[nH]2)[C@@H]2CC2c2ccccc21. The van der Waals surface area contributed by atoms with Crippen LogP contribution in [0.1, 0.15) is 39.9 Å². The number of aromatic amines is 1. The number of likely N-dealkylation sites (N-methyl/N-ethyl adjacent to an activating group) is 1. The van der Waals surface area contributed by atoms with Crippen molar-refractivity contribution in [2.45, 2.75) is 24.8 Å². The Kier molecular flexibility index (Phi) is 4.16. The second-order valence-electron chi connectivity index (χ2n) is 7.70. The highest BCUT2D eigenvalue weighted by molar-refractivity contribution is 6.03. The average molecular weight is 387 g/mol. The van der Waals surface area contributed by atoms with E-state index in [0.717, 1.165) is 17.7 Å². The molecule has 5 rings (SSSR count). The number of aromatic nitrogens is 3. The van der Waals surface area contributed by atoms with Crippen molar-refractivity contribution >= 4 is 17.5 Å². The van der Waals surface area contributed by atoms with Crippen LogP contribution in [0.25, 0.3) is 0 Å². The lowest BCUT2D eigenvalue weighted by atomic mass is 10.1. The molecular formula is C22H21N5O2. The molecule has 2 N–H and O–H groups in total. The fourth-order valence-electron chi connectivity index (χ4n) is 4.20. The smallest absolute Gasteiger partial charge is 0.289 e. The minimum absolute atomic E-state index is 0.0974. The topological polar surface area (TPSA) is 91.0 Å². The molecule has 146 valence electrons. The molecule has 1 aliphatic carbocycles. The van der Waals surface area contributed by atoms with E-state index in [1.54, 1.807) is 11.9 Å². The maximum absolute atomic E-state index is 13.0. The summed E-state index contributed by atoms with van der Waals surface area (Å²) in [4.78, 5) is 30.4. The molecule has 2 aromatic carbocycles. The molecule has 29 heavy (non-hydrogen) atoms. The molecule has 1 aromatic heterocycles. The van der Waals surface area contributed by atoms with Crippen molar-refractivity contribution in [1.29, 1.82) is 0 Å². The third-order valence-electron chi connectivity index (χ3n) is 5.81. The number of anilines is 1. The van der Waals surface area contributed by atoms with Gasteiger partial charge in [0.05, 0.1) is 0 Å². The Morgan fingerprint density at radius 1 is 1.14 bits per heavy atom. The number of rotatable bonds is 4. The predicted molar refractivity (Wildman–Crippen MR) is 108 cm³/mol. The third kappa shape index (κ3) is 3.18. The van der Waals surface area contributed by atoms with Crippen LogP contribution >= 0.6 is 0 Å². The summed E-state index contributed by atoms with van der Waals surface area (Å²) in [5.74, 6) is 0.658. The molecule has 2 heterocycles. The average Bonchev–Trinajstić information content (AvgIpc) is 3.41. The summed E-state index contributed by atoms with van der Waals surface area (Å²) in [6.07, 6.45) is 1.46. The molecule has 2 amide bonds. The highest BCUT2D eigenvalue weighted by Crippen LogP contribution is 2.54. The number of para-hydroxylation sites is 1. The Balaban J connectivity index is 1.32. The van der Waals surface area contributed by atoms with E-state index >= 15 is 0 Å². The van der Waals surface area contributed by atoms with E-state index in [0.29, 0.717) is 18.2 Å². The van der Waals surface area contributed by atoms with E-state index < -0.39 is 11.9 Å². The lowest BCUT2D eigenvalue weighted by Gasteiger charge is -2.23. The summed E-state index contributed by atoms with van der Waals surface area (Å²) >= 11 is 0. The van der Waals surface area contributed by atoms with Crippen LogP contribution in [0.4, 0.5) is 5.69 Å². The van der Waals surface area contributed by atoms with Gasteiger partial charge in [-0.2, -0.15) is 0 Å². The number of nitrogens with zero attached hydrogens (tertiary/aromatic N) is 3. The first kappa shape index (κ1) is 17.6. The lowest BCUT2D eigenvalue weighted by molar-refractivity contribution is -0.120. The van der Waals surface area contributed by atoms with Gasteiger partial charge in [0, 0.05) is 19.2 Å². The van der Waals surface area contributed by atoms with Crippen molar-refractivity contribution in [2.75, 3.05) is 11.9 Å². The Bertz CT molecular complexity index is 1080. The quantitative estimate of drug-likeness (QED) is 0.719. The first-order valence-corrected chi connectivity index (χ1v) is 9.74. The van der Waals surface area contributed by atoms with Crippen LogP contribution in [0.3, 0.4) is 0 Å². The number of amides is 2. The van der Waals surface area contributed by atoms with Crippen LogP contribution in [0.15, 0.2) is 54.6 Å². The fourth-order valence-corrected chi connectivity index (χ4v) is 4.20. The number of hydrogen-bond acceptors (Lipinski definition) is 4. The number of carbonyl (C=O) groups excluding carboxylic acids is 2. The summed E-state index contributed by atoms with van der Waals surface area (Å²) < 4.78 is 0. The van der Waals surface area contributed by atoms with Gasteiger partial charge in [0.1, 0.15) is 11.9 Å². The van der Waals surface area contributed by atoms with Gasteiger partial charge in [-0.05, 0) is 35.4 Å². The number of hydrogen-bond donors (Lipinski definition) is 2. The van der Waals surface area contributed by atoms with Crippen molar-refractivity contribution in [3.63, 3.8) is 0 Å². The molecule has 0 spiro atoms. The van der Waals surface area contributed by atoms with Gasteiger partial charge < -0.3 is 15.2 Å². The second kappa shape index (κ2) is 6.84. The van der Waals surface area contributed by atoms with E-state index in [1.165, 1.54) is 5.56 Å². The van der Waals surface area contributed by atoms with Crippen LogP contribution in [0, 0.1) is 5.92 Å². The molecule has 1 aliphatic heterocycles. The molecular weight excluding hydrogens is 366 g/mol. The zero-order valence-electron chi connectivity index (χ0n) is 16.0. The van der Waals surface area contributed by atoms with Gasteiger partial charge in [0.25, 0.3) is 5.91 Å². The van der Waals surface area contributed by atoms with Crippen molar-refractivity contribution in [3.8, 4) is 0 Å². The number of carbonyl (C=O) groups is 2. The van der Waals surface area contributed by atoms with Crippen LogP contribution in [0.2, 0.25) is 0 Å². The molecule has 1 unspecified atom stereocenters. The van der Waals surface area contributed by atoms with Crippen LogP contribution in [-0.4, -0.2) is 40.1 Å². The normalized spacial score (nSPS) is 22.4.